The van der Waals surface area contributed by atoms with Crippen molar-refractivity contribution in [2.75, 3.05) is 32.5 Å². The topological polar surface area (TPSA) is 88.7 Å². The minimum Gasteiger partial charge on any atom is -0.497 e. The Bertz CT molecular complexity index is 1000. The number of carboxylic acids is 1. The number of ether oxygens (including phenoxy) is 1. The predicted octanol–water partition coefficient (Wildman–Crippen LogP) is 5.25. The average molecular weight is 504 g/mol. The highest BCUT2D eigenvalue weighted by atomic mass is 32.2. The van der Waals surface area contributed by atoms with Crippen LogP contribution in [-0.4, -0.2) is 58.7 Å². The fourth-order valence-corrected chi connectivity index (χ4v) is 7.05. The van der Waals surface area contributed by atoms with Gasteiger partial charge in [0.2, 0.25) is 0 Å². The molecule has 6 nitrogen and oxygen atoms in total. The molecule has 192 valence electrons. The lowest BCUT2D eigenvalue weighted by molar-refractivity contribution is -0.146. The summed E-state index contributed by atoms with van der Waals surface area (Å²) < 4.78 is 20.1. The molecule has 2 fully saturated rings. The molecule has 1 saturated heterocycles. The first-order chi connectivity index (χ1) is 17.0. The van der Waals surface area contributed by atoms with E-state index in [2.05, 4.69) is 21.6 Å². The summed E-state index contributed by atoms with van der Waals surface area (Å²) in [4.78, 5) is 18.6. The van der Waals surface area contributed by atoms with Gasteiger partial charge in [0.25, 0.3) is 0 Å². The minimum absolute atomic E-state index is 0.0477. The van der Waals surface area contributed by atoms with Crippen LogP contribution >= 0.6 is 11.8 Å². The molecule has 0 unspecified atom stereocenters. The van der Waals surface area contributed by atoms with Gasteiger partial charge < -0.3 is 20.5 Å². The molecule has 2 aromatic rings. The summed E-state index contributed by atoms with van der Waals surface area (Å²) in [6.45, 7) is 2.45. The van der Waals surface area contributed by atoms with Crippen molar-refractivity contribution in [3.63, 3.8) is 0 Å². The summed E-state index contributed by atoms with van der Waals surface area (Å²) in [5, 5.41) is 11.4. The monoisotopic (exact) mass is 503 g/mol. The Labute approximate surface area is 211 Å². The Morgan fingerprint density at radius 3 is 2.86 bits per heavy atom. The number of benzene rings is 1. The van der Waals surface area contributed by atoms with Gasteiger partial charge in [-0.25, -0.2) is 4.39 Å². The average Bonchev–Trinajstić information content (AvgIpc) is 2.87. The van der Waals surface area contributed by atoms with E-state index in [1.54, 1.807) is 25.3 Å². The number of nitrogens with two attached hydrogens (primary N) is 1. The van der Waals surface area contributed by atoms with E-state index in [9.17, 15) is 14.3 Å². The number of carboxylic acid groups (broad SMARTS) is 1. The van der Waals surface area contributed by atoms with Crippen LogP contribution < -0.4 is 10.5 Å². The molecular weight excluding hydrogens is 465 g/mol. The number of aliphatic carboxylic acids is 1. The van der Waals surface area contributed by atoms with Crippen molar-refractivity contribution >= 4 is 28.6 Å². The maximum Gasteiger partial charge on any atom is 0.308 e. The van der Waals surface area contributed by atoms with Crippen LogP contribution in [0.2, 0.25) is 0 Å². The maximum absolute atomic E-state index is 14.8. The molecule has 35 heavy (non-hydrogen) atoms. The number of pyridine rings is 1. The molecule has 3 atom stereocenters. The molecule has 1 aliphatic heterocycles. The van der Waals surface area contributed by atoms with Gasteiger partial charge >= 0.3 is 5.97 Å². The van der Waals surface area contributed by atoms with Crippen LogP contribution in [0.3, 0.4) is 0 Å². The summed E-state index contributed by atoms with van der Waals surface area (Å²) in [5.74, 6) is 0.168. The number of fused-ring (bicyclic) bond motifs is 1. The van der Waals surface area contributed by atoms with Crippen LogP contribution in [0.15, 0.2) is 24.4 Å². The number of rotatable bonds is 10. The van der Waals surface area contributed by atoms with Gasteiger partial charge in [0.1, 0.15) is 11.6 Å². The second-order valence-electron chi connectivity index (χ2n) is 10.0. The zero-order valence-corrected chi connectivity index (χ0v) is 21.4. The van der Waals surface area contributed by atoms with Crippen LogP contribution in [-0.2, 0) is 4.79 Å². The first-order valence-corrected chi connectivity index (χ1v) is 14.0. The van der Waals surface area contributed by atoms with E-state index in [0.717, 1.165) is 30.5 Å². The Kier molecular flexibility index (Phi) is 9.25. The number of methoxy groups -OCH3 is 1. The number of likely N-dealkylation sites (tertiary alicyclic amines) is 1. The summed E-state index contributed by atoms with van der Waals surface area (Å²) in [6.07, 6.45) is 9.95. The molecule has 4 rings (SSSR count). The fraction of sp³-hybridized carbons (Fsp3) is 0.630. The molecular formula is C27H38FN3O3S. The largest absolute Gasteiger partial charge is 0.497 e. The molecule has 0 bridgehead atoms. The van der Waals surface area contributed by atoms with E-state index in [4.69, 9.17) is 10.5 Å². The molecule has 8 heteroatoms. The zero-order chi connectivity index (χ0) is 24.8. The van der Waals surface area contributed by atoms with Gasteiger partial charge in [-0.2, -0.15) is 11.8 Å². The molecule has 0 radical (unpaired) electrons. The van der Waals surface area contributed by atoms with Gasteiger partial charge in [0.05, 0.1) is 24.7 Å². The van der Waals surface area contributed by atoms with Gasteiger partial charge in [-0.3, -0.25) is 9.78 Å². The van der Waals surface area contributed by atoms with Crippen LogP contribution in [0.1, 0.15) is 63.0 Å². The Morgan fingerprint density at radius 2 is 2.11 bits per heavy atom. The first kappa shape index (κ1) is 26.2. The smallest absolute Gasteiger partial charge is 0.308 e. The summed E-state index contributed by atoms with van der Waals surface area (Å²) in [7, 11) is 1.57. The Balaban J connectivity index is 1.34. The van der Waals surface area contributed by atoms with E-state index >= 15 is 0 Å². The number of thioether (sulfide) groups is 1. The summed E-state index contributed by atoms with van der Waals surface area (Å²) in [6, 6.07) is 4.82. The van der Waals surface area contributed by atoms with Crippen molar-refractivity contribution in [3.05, 3.63) is 35.8 Å². The third kappa shape index (κ3) is 6.66. The summed E-state index contributed by atoms with van der Waals surface area (Å²) in [5.41, 5.74) is 7.58. The van der Waals surface area contributed by atoms with E-state index < -0.39 is 23.7 Å². The van der Waals surface area contributed by atoms with E-state index in [0.29, 0.717) is 41.6 Å². The molecule has 1 aromatic heterocycles. The normalized spacial score (nSPS) is 22.8. The predicted molar refractivity (Wildman–Crippen MR) is 139 cm³/mol. The summed E-state index contributed by atoms with van der Waals surface area (Å²) >= 11 is 2.06. The van der Waals surface area contributed by atoms with Crippen molar-refractivity contribution in [2.45, 2.75) is 62.7 Å². The molecule has 1 aliphatic carbocycles. The third-order valence-electron chi connectivity index (χ3n) is 7.76. The lowest BCUT2D eigenvalue weighted by Gasteiger charge is -2.37. The lowest BCUT2D eigenvalue weighted by atomic mass is 9.81. The fourth-order valence-electron chi connectivity index (χ4n) is 5.69. The highest BCUT2D eigenvalue weighted by Gasteiger charge is 2.34. The van der Waals surface area contributed by atoms with Gasteiger partial charge in [0.15, 0.2) is 0 Å². The SMILES string of the molecule is COc1ccc2ncc(F)c([C@@H](N)CC[C@H]3CCN(CCSC4CCCCC4)C[C@H]3C(=O)O)c2c1. The number of hydrogen-bond acceptors (Lipinski definition) is 6. The second kappa shape index (κ2) is 12.4. The molecule has 2 heterocycles. The van der Waals surface area contributed by atoms with E-state index in [1.807, 2.05) is 0 Å². The van der Waals surface area contributed by atoms with Crippen molar-refractivity contribution in [1.29, 1.82) is 0 Å². The zero-order valence-electron chi connectivity index (χ0n) is 20.6. The second-order valence-corrected chi connectivity index (χ2v) is 11.4. The highest BCUT2D eigenvalue weighted by Crippen LogP contribution is 2.34. The van der Waals surface area contributed by atoms with Crippen molar-refractivity contribution < 1.29 is 19.0 Å². The lowest BCUT2D eigenvalue weighted by Crippen LogP contribution is -2.44. The number of carbonyl (C=O) groups is 1. The van der Waals surface area contributed by atoms with Gasteiger partial charge in [-0.15, -0.1) is 0 Å². The van der Waals surface area contributed by atoms with Crippen LogP contribution in [0.5, 0.6) is 5.75 Å². The van der Waals surface area contributed by atoms with Crippen LogP contribution in [0.4, 0.5) is 4.39 Å². The molecule has 1 saturated carbocycles. The van der Waals surface area contributed by atoms with E-state index in [-0.39, 0.29) is 5.92 Å². The highest BCUT2D eigenvalue weighted by molar-refractivity contribution is 7.99. The minimum atomic E-state index is -0.738. The van der Waals surface area contributed by atoms with Crippen molar-refractivity contribution in [2.24, 2.45) is 17.6 Å². The number of piperidine rings is 1. The first-order valence-electron chi connectivity index (χ1n) is 12.9. The standard InChI is InChI=1S/C27H38FN3O3S/c1-34-19-8-10-25-21(15-19)26(23(28)16-30-25)24(29)9-7-18-11-12-31(17-22(18)27(32)33)13-14-35-20-5-3-2-4-6-20/h8,10,15-16,18,20,22,24H,2-7,9,11-14,17,29H2,1H3,(H,32,33)/t18-,22+,24-/m0/s1. The number of aromatic nitrogens is 1. The molecule has 0 spiro atoms. The van der Waals surface area contributed by atoms with Gasteiger partial charge in [0, 0.05) is 41.1 Å². The third-order valence-corrected chi connectivity index (χ3v) is 9.12. The van der Waals surface area contributed by atoms with Crippen LogP contribution in [0.25, 0.3) is 10.9 Å². The van der Waals surface area contributed by atoms with Crippen molar-refractivity contribution in [1.82, 2.24) is 9.88 Å². The van der Waals surface area contributed by atoms with E-state index in [1.165, 1.54) is 38.3 Å². The molecule has 3 N–H and O–H groups in total. The van der Waals surface area contributed by atoms with Crippen molar-refractivity contribution in [3.8, 4) is 5.75 Å². The molecule has 1 aromatic carbocycles. The Morgan fingerprint density at radius 1 is 1.31 bits per heavy atom. The van der Waals surface area contributed by atoms with Gasteiger partial charge in [-0.1, -0.05) is 19.3 Å². The maximum atomic E-state index is 14.8. The van der Waals surface area contributed by atoms with Gasteiger partial charge in [-0.05, 0) is 62.8 Å². The number of halogens is 1. The number of nitrogens with zero attached hydrogens (tertiary/aromatic N) is 2. The van der Waals surface area contributed by atoms with Crippen LogP contribution in [0, 0.1) is 17.7 Å². The number of hydrogen-bond donors (Lipinski definition) is 2. The Hall–Kier alpha value is -1.90. The molecule has 0 amide bonds. The molecule has 2 aliphatic rings. The quantitative estimate of drug-likeness (QED) is 0.458.